The van der Waals surface area contributed by atoms with Gasteiger partial charge in [-0.1, -0.05) is 25.1 Å². The molecule has 1 aromatic carbocycles. The average Bonchev–Trinajstić information content (AvgIpc) is 2.69. The van der Waals surface area contributed by atoms with E-state index in [1.165, 1.54) is 6.42 Å². The fourth-order valence-corrected chi connectivity index (χ4v) is 3.40. The van der Waals surface area contributed by atoms with Crippen molar-refractivity contribution in [1.82, 2.24) is 4.90 Å². The molecule has 1 fully saturated rings. The van der Waals surface area contributed by atoms with E-state index in [4.69, 9.17) is 4.74 Å². The van der Waals surface area contributed by atoms with Gasteiger partial charge in [-0.25, -0.2) is 0 Å². The summed E-state index contributed by atoms with van der Waals surface area (Å²) in [5, 5.41) is 10.6. The monoisotopic (exact) mass is 247 g/mol. The van der Waals surface area contributed by atoms with Gasteiger partial charge in [-0.15, -0.1) is 0 Å². The molecule has 1 aromatic rings. The minimum absolute atomic E-state index is 0.0971. The molecule has 18 heavy (non-hydrogen) atoms. The Balaban J connectivity index is 1.84. The molecule has 0 aromatic heterocycles. The smallest absolute Gasteiger partial charge is 0.125 e. The van der Waals surface area contributed by atoms with E-state index >= 15 is 0 Å². The third-order valence-electron chi connectivity index (χ3n) is 4.27. The number of para-hydroxylation sites is 1. The van der Waals surface area contributed by atoms with Crippen LogP contribution in [0.25, 0.3) is 0 Å². The first-order chi connectivity index (χ1) is 8.66. The molecule has 0 spiro atoms. The Morgan fingerprint density at radius 1 is 1.28 bits per heavy atom. The second kappa shape index (κ2) is 4.56. The van der Waals surface area contributed by atoms with Gasteiger partial charge in [0.05, 0.1) is 6.04 Å². The standard InChI is InChI=1S/C15H21NO2/c1-10-7-11(2)16(8-10)13-9-18-14-6-4-3-5-12(14)15(13)17/h3-6,10-11,13,15,17H,7-9H2,1-2H3. The van der Waals surface area contributed by atoms with Crippen molar-refractivity contribution in [2.45, 2.75) is 38.5 Å². The summed E-state index contributed by atoms with van der Waals surface area (Å²) in [6, 6.07) is 8.45. The van der Waals surface area contributed by atoms with Gasteiger partial charge < -0.3 is 9.84 Å². The molecule has 4 atom stereocenters. The van der Waals surface area contributed by atoms with Gasteiger partial charge in [0.1, 0.15) is 18.5 Å². The third-order valence-corrected chi connectivity index (χ3v) is 4.27. The predicted octanol–water partition coefficient (Wildman–Crippen LogP) is 2.21. The van der Waals surface area contributed by atoms with Gasteiger partial charge in [-0.3, -0.25) is 4.90 Å². The second-order valence-corrected chi connectivity index (χ2v) is 5.75. The van der Waals surface area contributed by atoms with Gasteiger partial charge in [0, 0.05) is 18.2 Å². The maximum Gasteiger partial charge on any atom is 0.125 e. The first kappa shape index (κ1) is 12.0. The Morgan fingerprint density at radius 3 is 2.78 bits per heavy atom. The molecular weight excluding hydrogens is 226 g/mol. The highest BCUT2D eigenvalue weighted by atomic mass is 16.5. The fraction of sp³-hybridized carbons (Fsp3) is 0.600. The van der Waals surface area contributed by atoms with E-state index < -0.39 is 6.10 Å². The van der Waals surface area contributed by atoms with Crippen LogP contribution in [0, 0.1) is 5.92 Å². The number of fused-ring (bicyclic) bond motifs is 1. The molecule has 3 nitrogen and oxygen atoms in total. The maximum absolute atomic E-state index is 10.6. The normalized spacial score (nSPS) is 36.2. The summed E-state index contributed by atoms with van der Waals surface area (Å²) in [6.07, 6.45) is 0.785. The van der Waals surface area contributed by atoms with E-state index in [1.54, 1.807) is 0 Å². The largest absolute Gasteiger partial charge is 0.491 e. The third kappa shape index (κ3) is 1.91. The molecule has 1 saturated heterocycles. The SMILES string of the molecule is CC1CC(C)N(C2COc3ccccc3C2O)C1. The number of benzene rings is 1. The van der Waals surface area contributed by atoms with Gasteiger partial charge in [0.15, 0.2) is 0 Å². The zero-order valence-corrected chi connectivity index (χ0v) is 11.0. The van der Waals surface area contributed by atoms with Crippen LogP contribution < -0.4 is 4.74 Å². The van der Waals surface area contributed by atoms with Crippen LogP contribution in [0.5, 0.6) is 5.75 Å². The number of likely N-dealkylation sites (tertiary alicyclic amines) is 1. The Bertz CT molecular complexity index is 434. The molecule has 2 aliphatic heterocycles. The summed E-state index contributed by atoms with van der Waals surface area (Å²) < 4.78 is 5.80. The van der Waals surface area contributed by atoms with E-state index in [-0.39, 0.29) is 6.04 Å². The summed E-state index contributed by atoms with van der Waals surface area (Å²) in [5.74, 6) is 1.55. The lowest BCUT2D eigenvalue weighted by atomic mass is 9.97. The van der Waals surface area contributed by atoms with E-state index in [0.717, 1.165) is 17.9 Å². The van der Waals surface area contributed by atoms with Crippen molar-refractivity contribution in [3.05, 3.63) is 29.8 Å². The summed E-state index contributed by atoms with van der Waals surface area (Å²) >= 11 is 0. The summed E-state index contributed by atoms with van der Waals surface area (Å²) in [7, 11) is 0. The van der Waals surface area contributed by atoms with Crippen LogP contribution in [0.2, 0.25) is 0 Å². The molecule has 1 N–H and O–H groups in total. The van der Waals surface area contributed by atoms with Gasteiger partial charge in [0.2, 0.25) is 0 Å². The highest BCUT2D eigenvalue weighted by Crippen LogP contribution is 2.37. The van der Waals surface area contributed by atoms with Crippen LogP contribution in [0.4, 0.5) is 0 Å². The van der Waals surface area contributed by atoms with Crippen LogP contribution in [0.3, 0.4) is 0 Å². The number of aliphatic hydroxyl groups is 1. The van der Waals surface area contributed by atoms with Crippen molar-refractivity contribution in [2.24, 2.45) is 5.92 Å². The molecule has 3 heteroatoms. The van der Waals surface area contributed by atoms with E-state index in [1.807, 2.05) is 24.3 Å². The first-order valence-corrected chi connectivity index (χ1v) is 6.82. The van der Waals surface area contributed by atoms with Crippen LogP contribution in [-0.2, 0) is 0 Å². The molecule has 2 aliphatic rings. The Labute approximate surface area is 108 Å². The van der Waals surface area contributed by atoms with Crippen LogP contribution >= 0.6 is 0 Å². The average molecular weight is 247 g/mol. The topological polar surface area (TPSA) is 32.7 Å². The molecule has 0 aliphatic carbocycles. The zero-order valence-electron chi connectivity index (χ0n) is 11.0. The minimum Gasteiger partial charge on any atom is -0.491 e. The lowest BCUT2D eigenvalue weighted by Crippen LogP contribution is -2.47. The highest BCUT2D eigenvalue weighted by Gasteiger charge is 2.39. The quantitative estimate of drug-likeness (QED) is 0.826. The van der Waals surface area contributed by atoms with Crippen molar-refractivity contribution in [3.63, 3.8) is 0 Å². The predicted molar refractivity (Wildman–Crippen MR) is 70.6 cm³/mol. The van der Waals surface area contributed by atoms with Crippen LogP contribution in [0.15, 0.2) is 24.3 Å². The number of ether oxygens (including phenoxy) is 1. The number of hydrogen-bond acceptors (Lipinski definition) is 3. The van der Waals surface area contributed by atoms with Gasteiger partial charge in [-0.05, 0) is 25.3 Å². The molecule has 98 valence electrons. The number of nitrogens with zero attached hydrogens (tertiary/aromatic N) is 1. The highest BCUT2D eigenvalue weighted by molar-refractivity contribution is 5.37. The molecular formula is C15H21NO2. The summed E-state index contributed by atoms with van der Waals surface area (Å²) in [6.45, 7) is 6.18. The molecule has 2 heterocycles. The Morgan fingerprint density at radius 2 is 2.06 bits per heavy atom. The van der Waals surface area contributed by atoms with E-state index in [0.29, 0.717) is 18.6 Å². The summed E-state index contributed by atoms with van der Waals surface area (Å²) in [5.41, 5.74) is 0.931. The van der Waals surface area contributed by atoms with Crippen molar-refractivity contribution in [2.75, 3.05) is 13.2 Å². The van der Waals surface area contributed by atoms with Gasteiger partial charge in [-0.2, -0.15) is 0 Å². The van der Waals surface area contributed by atoms with Gasteiger partial charge in [0.25, 0.3) is 0 Å². The molecule has 0 saturated carbocycles. The molecule has 3 rings (SSSR count). The number of hydrogen-bond donors (Lipinski definition) is 1. The lowest BCUT2D eigenvalue weighted by Gasteiger charge is -2.38. The number of rotatable bonds is 1. The zero-order chi connectivity index (χ0) is 12.7. The fourth-order valence-electron chi connectivity index (χ4n) is 3.40. The Hall–Kier alpha value is -1.06. The minimum atomic E-state index is -0.428. The number of aliphatic hydroxyl groups excluding tert-OH is 1. The van der Waals surface area contributed by atoms with Crippen molar-refractivity contribution in [1.29, 1.82) is 0 Å². The van der Waals surface area contributed by atoms with E-state index in [9.17, 15) is 5.11 Å². The van der Waals surface area contributed by atoms with Crippen LogP contribution in [-0.4, -0.2) is 35.2 Å². The molecule has 0 radical (unpaired) electrons. The molecule has 0 amide bonds. The molecule has 0 bridgehead atoms. The van der Waals surface area contributed by atoms with Crippen LogP contribution in [0.1, 0.15) is 31.9 Å². The lowest BCUT2D eigenvalue weighted by molar-refractivity contribution is -0.000666. The first-order valence-electron chi connectivity index (χ1n) is 6.82. The second-order valence-electron chi connectivity index (χ2n) is 5.75. The van der Waals surface area contributed by atoms with Crippen molar-refractivity contribution in [3.8, 4) is 5.75 Å². The maximum atomic E-state index is 10.6. The van der Waals surface area contributed by atoms with Gasteiger partial charge >= 0.3 is 0 Å². The van der Waals surface area contributed by atoms with Crippen molar-refractivity contribution < 1.29 is 9.84 Å². The van der Waals surface area contributed by atoms with Crippen molar-refractivity contribution >= 4 is 0 Å². The Kier molecular flexibility index (Phi) is 3.04. The molecule has 4 unspecified atom stereocenters. The summed E-state index contributed by atoms with van der Waals surface area (Å²) in [4.78, 5) is 2.41. The van der Waals surface area contributed by atoms with E-state index in [2.05, 4.69) is 18.7 Å².